The molecule has 1 fully saturated rings. The van der Waals surface area contributed by atoms with Crippen molar-refractivity contribution in [3.8, 4) is 0 Å². The number of carbonyl (C=O) groups excluding carboxylic acids is 3. The first kappa shape index (κ1) is 49.4. The Kier molecular flexibility index (Phi) is 14.8. The van der Waals surface area contributed by atoms with E-state index in [4.69, 9.17) is 4.84 Å². The maximum absolute atomic E-state index is 12.4. The summed E-state index contributed by atoms with van der Waals surface area (Å²) < 4.78 is 136. The topological polar surface area (TPSA) is 287 Å². The van der Waals surface area contributed by atoms with Crippen LogP contribution < -0.4 is 4.90 Å². The molecule has 3 aliphatic rings. The van der Waals surface area contributed by atoms with E-state index in [0.29, 0.717) is 64.7 Å². The lowest BCUT2D eigenvalue weighted by Crippen LogP contribution is -2.32. The van der Waals surface area contributed by atoms with Crippen molar-refractivity contribution in [3.05, 3.63) is 83.6 Å². The summed E-state index contributed by atoms with van der Waals surface area (Å²) in [4.78, 5) is 42.2. The Labute approximate surface area is 366 Å². The van der Waals surface area contributed by atoms with E-state index >= 15 is 0 Å². The summed E-state index contributed by atoms with van der Waals surface area (Å²) in [7, 11) is -17.9. The van der Waals surface area contributed by atoms with E-state index in [0.717, 1.165) is 0 Å². The minimum absolute atomic E-state index is 0.0181. The van der Waals surface area contributed by atoms with E-state index in [1.807, 2.05) is 20.8 Å². The van der Waals surface area contributed by atoms with Crippen LogP contribution in [-0.4, -0.2) is 110 Å². The highest BCUT2D eigenvalue weighted by atomic mass is 32.2. The minimum atomic E-state index is -4.66. The van der Waals surface area contributed by atoms with Crippen molar-refractivity contribution in [2.24, 2.45) is 0 Å². The molecule has 0 saturated carbocycles. The zero-order valence-electron chi connectivity index (χ0n) is 34.7. The third-order valence-electron chi connectivity index (χ3n) is 11.2. The number of imide groups is 1. The third kappa shape index (κ3) is 11.9. The van der Waals surface area contributed by atoms with E-state index < -0.39 is 80.6 Å². The normalized spacial score (nSPS) is 19.9. The largest absolute Gasteiger partial charge is 0.344 e. The van der Waals surface area contributed by atoms with Gasteiger partial charge in [-0.2, -0.15) is 38.2 Å². The second-order valence-corrected chi connectivity index (χ2v) is 22.1. The summed E-state index contributed by atoms with van der Waals surface area (Å²) in [5.41, 5.74) is 1.50. The molecule has 63 heavy (non-hydrogen) atoms. The van der Waals surface area contributed by atoms with Crippen LogP contribution in [0.25, 0.3) is 0 Å². The number of unbranched alkanes of at least 4 members (excludes halogenated alkanes) is 2. The summed E-state index contributed by atoms with van der Waals surface area (Å²) in [6, 6.07) is 8.12. The number of carbonyl (C=O) groups is 3. The standard InChI is InChI=1S/C40H49N3O16S4/c1-39(2)30-26-28(62(53,54)55)15-17-32(30)41(22-10-24-60(47,48)49)34(39)12-6-4-7-13-35-40(3,21-9-5-8-14-38(46)59-43-36(44)19-20-37(43)45)31-27-29(63(56,57)58)16-18-33(31)42(35)23-11-25-61(50,51)52/h4,6-7,12-13,15-18,26-27H,5,8-11,14,19-25H2,1-3H3,(H3-,47,48,49,50,51,52,53,54,55,56,57,58)/p+1. The molecular weight excluding hydrogens is 907 g/mol. The van der Waals surface area contributed by atoms with Crippen molar-refractivity contribution in [3.63, 3.8) is 0 Å². The van der Waals surface area contributed by atoms with Gasteiger partial charge in [-0.1, -0.05) is 31.1 Å². The fourth-order valence-electron chi connectivity index (χ4n) is 8.15. The number of benzene rings is 2. The van der Waals surface area contributed by atoms with Crippen LogP contribution in [0, 0.1) is 0 Å². The predicted octanol–water partition coefficient (Wildman–Crippen LogP) is 4.44. The van der Waals surface area contributed by atoms with Gasteiger partial charge in [0.25, 0.3) is 52.3 Å². The molecule has 1 atom stereocenters. The molecule has 1 unspecified atom stereocenters. The predicted molar refractivity (Wildman–Crippen MR) is 229 cm³/mol. The molecule has 2 aromatic rings. The molecule has 3 heterocycles. The average molecular weight is 957 g/mol. The van der Waals surface area contributed by atoms with Gasteiger partial charge in [-0.15, -0.1) is 5.06 Å². The van der Waals surface area contributed by atoms with Crippen molar-refractivity contribution in [2.75, 3.05) is 29.5 Å². The number of rotatable bonds is 20. The van der Waals surface area contributed by atoms with Gasteiger partial charge in [-0.05, 0) is 82.0 Å². The van der Waals surface area contributed by atoms with E-state index in [-0.39, 0.29) is 55.0 Å². The van der Waals surface area contributed by atoms with Crippen LogP contribution in [-0.2, 0) is 70.5 Å². The third-order valence-corrected chi connectivity index (χ3v) is 14.5. The monoisotopic (exact) mass is 956 g/mol. The lowest BCUT2D eigenvalue weighted by Gasteiger charge is -2.30. The highest BCUT2D eigenvalue weighted by Gasteiger charge is 2.46. The lowest BCUT2D eigenvalue weighted by molar-refractivity contribution is -0.437. The van der Waals surface area contributed by atoms with Crippen LogP contribution in [0.2, 0.25) is 0 Å². The first-order valence-electron chi connectivity index (χ1n) is 19.8. The quantitative estimate of drug-likeness (QED) is 0.0469. The maximum atomic E-state index is 12.4. The second-order valence-electron chi connectivity index (χ2n) is 16.1. The second kappa shape index (κ2) is 18.8. The molecule has 0 spiro atoms. The minimum Gasteiger partial charge on any atom is -0.344 e. The number of fused-ring (bicyclic) bond motifs is 2. The smallest absolute Gasteiger partial charge is 0.333 e. The highest BCUT2D eigenvalue weighted by Crippen LogP contribution is 2.51. The van der Waals surface area contributed by atoms with Crippen molar-refractivity contribution < 1.29 is 75.7 Å². The molecule has 0 radical (unpaired) electrons. The molecule has 5 rings (SSSR count). The van der Waals surface area contributed by atoms with Gasteiger partial charge in [0, 0.05) is 66.7 Å². The van der Waals surface area contributed by atoms with Gasteiger partial charge in [0.1, 0.15) is 6.54 Å². The molecule has 4 N–H and O–H groups in total. The Balaban J connectivity index is 1.47. The Morgan fingerprint density at radius 1 is 0.746 bits per heavy atom. The first-order chi connectivity index (χ1) is 29.1. The number of amides is 2. The molecule has 0 bridgehead atoms. The van der Waals surface area contributed by atoms with E-state index in [2.05, 4.69) is 0 Å². The van der Waals surface area contributed by atoms with Gasteiger partial charge in [0.15, 0.2) is 5.71 Å². The molecule has 2 aromatic carbocycles. The van der Waals surface area contributed by atoms with Crippen molar-refractivity contribution >= 4 is 75.3 Å². The summed E-state index contributed by atoms with van der Waals surface area (Å²) in [5, 5.41) is 0.472. The summed E-state index contributed by atoms with van der Waals surface area (Å²) in [6.07, 6.45) is 9.89. The van der Waals surface area contributed by atoms with Gasteiger partial charge in [-0.25, -0.2) is 4.79 Å². The van der Waals surface area contributed by atoms with E-state index in [9.17, 15) is 66.3 Å². The van der Waals surface area contributed by atoms with Gasteiger partial charge in [-0.3, -0.25) is 27.8 Å². The SMILES string of the molecule is CC1(C)C(/C=C/C=C\C=C2\N(CCCS(=O)(=O)O)c3ccc(S(=O)(=O)O)cc3C2(C)CCCCCC(=O)ON2C(=O)CCC2=O)=[N+](CCCS(=O)(=O)O)c2ccc(S(=O)(=O)O)cc21. The fourth-order valence-corrected chi connectivity index (χ4v) is 10.2. The summed E-state index contributed by atoms with van der Waals surface area (Å²) in [6.45, 7) is 5.67. The highest BCUT2D eigenvalue weighted by molar-refractivity contribution is 7.86. The van der Waals surface area contributed by atoms with Gasteiger partial charge in [0.05, 0.1) is 26.7 Å². The van der Waals surface area contributed by atoms with Crippen LogP contribution >= 0.6 is 0 Å². The Morgan fingerprint density at radius 3 is 1.94 bits per heavy atom. The Hall–Kier alpha value is -4.62. The molecule has 0 aliphatic carbocycles. The van der Waals surface area contributed by atoms with Crippen LogP contribution in [0.4, 0.5) is 11.4 Å². The molecule has 23 heteroatoms. The fraction of sp³-hybridized carbons (Fsp3) is 0.450. The zero-order chi connectivity index (χ0) is 46.8. The number of hydrogen-bond acceptors (Lipinski definition) is 13. The van der Waals surface area contributed by atoms with Crippen LogP contribution in [0.15, 0.2) is 82.3 Å². The summed E-state index contributed by atoms with van der Waals surface area (Å²) >= 11 is 0. The zero-order valence-corrected chi connectivity index (χ0v) is 38.0. The molecule has 19 nitrogen and oxygen atoms in total. The van der Waals surface area contributed by atoms with Crippen molar-refractivity contribution in [1.29, 1.82) is 0 Å². The number of hydroxylamine groups is 2. The first-order valence-corrected chi connectivity index (χ1v) is 25.9. The number of nitrogens with zero attached hydrogens (tertiary/aromatic N) is 3. The molecule has 1 saturated heterocycles. The average Bonchev–Trinajstić information content (AvgIpc) is 3.68. The Morgan fingerprint density at radius 2 is 1.33 bits per heavy atom. The molecule has 3 aliphatic heterocycles. The van der Waals surface area contributed by atoms with Gasteiger partial charge in [0.2, 0.25) is 5.69 Å². The van der Waals surface area contributed by atoms with E-state index in [1.165, 1.54) is 36.4 Å². The maximum Gasteiger partial charge on any atom is 0.333 e. The molecule has 0 aromatic heterocycles. The van der Waals surface area contributed by atoms with Crippen LogP contribution in [0.1, 0.15) is 89.7 Å². The molecule has 2 amide bonds. The Bertz CT molecular complexity index is 2740. The lowest BCUT2D eigenvalue weighted by atomic mass is 9.77. The summed E-state index contributed by atoms with van der Waals surface area (Å²) in [5.74, 6) is -3.07. The molecule has 344 valence electrons. The van der Waals surface area contributed by atoms with Crippen molar-refractivity contribution in [1.82, 2.24) is 5.06 Å². The van der Waals surface area contributed by atoms with Crippen molar-refractivity contribution in [2.45, 2.75) is 99.2 Å². The molecular formula is C40H50N3O16S4+. The number of allylic oxidation sites excluding steroid dienone is 6. The van der Waals surface area contributed by atoms with E-state index in [1.54, 1.807) is 39.9 Å². The number of hydrogen-bond donors (Lipinski definition) is 4. The van der Waals surface area contributed by atoms with Gasteiger partial charge >= 0.3 is 5.97 Å². The number of anilines is 1. The van der Waals surface area contributed by atoms with Gasteiger partial charge < -0.3 is 9.74 Å². The van der Waals surface area contributed by atoms with Crippen LogP contribution in [0.5, 0.6) is 0 Å². The van der Waals surface area contributed by atoms with Crippen LogP contribution in [0.3, 0.4) is 0 Å².